The number of carbonyl (C=O) groups excluding carboxylic acids is 2. The van der Waals surface area contributed by atoms with E-state index in [-0.39, 0.29) is 17.8 Å². The topological polar surface area (TPSA) is 80.6 Å². The molecule has 3 aromatic rings. The summed E-state index contributed by atoms with van der Waals surface area (Å²) < 4.78 is 11.2. The Morgan fingerprint density at radius 2 is 1.81 bits per heavy atom. The van der Waals surface area contributed by atoms with Crippen LogP contribution in [0.1, 0.15) is 41.8 Å². The largest absolute Gasteiger partial charge is 0.490 e. The van der Waals surface area contributed by atoms with Gasteiger partial charge in [0.25, 0.3) is 5.91 Å². The molecule has 160 valence electrons. The maximum Gasteiger partial charge on any atom is 0.287 e. The van der Waals surface area contributed by atoms with Crippen molar-refractivity contribution in [3.8, 4) is 5.75 Å². The van der Waals surface area contributed by atoms with Gasteiger partial charge in [0, 0.05) is 18.2 Å². The minimum absolute atomic E-state index is 0.165. The van der Waals surface area contributed by atoms with Crippen LogP contribution in [0.5, 0.6) is 5.75 Å². The van der Waals surface area contributed by atoms with Crippen molar-refractivity contribution in [1.29, 1.82) is 0 Å². The minimum atomic E-state index is -0.764. The number of furan rings is 1. The van der Waals surface area contributed by atoms with Crippen molar-refractivity contribution >= 4 is 17.5 Å². The van der Waals surface area contributed by atoms with Gasteiger partial charge >= 0.3 is 0 Å². The lowest BCUT2D eigenvalue weighted by Gasteiger charge is -2.19. The maximum atomic E-state index is 13.1. The van der Waals surface area contributed by atoms with E-state index in [0.717, 1.165) is 24.2 Å². The highest BCUT2D eigenvalue weighted by Crippen LogP contribution is 2.26. The third-order valence-corrected chi connectivity index (χ3v) is 5.36. The number of carbonyl (C=O) groups is 2. The van der Waals surface area contributed by atoms with Crippen molar-refractivity contribution < 1.29 is 18.7 Å². The molecule has 1 fully saturated rings. The zero-order valence-corrected chi connectivity index (χ0v) is 17.3. The highest BCUT2D eigenvalue weighted by Gasteiger charge is 2.23. The number of benzene rings is 2. The molecule has 0 spiro atoms. The van der Waals surface area contributed by atoms with E-state index in [9.17, 15) is 9.59 Å². The summed E-state index contributed by atoms with van der Waals surface area (Å²) in [6, 6.07) is 19.4. The fourth-order valence-corrected chi connectivity index (χ4v) is 3.77. The van der Waals surface area contributed by atoms with Crippen LogP contribution in [0.15, 0.2) is 77.4 Å². The van der Waals surface area contributed by atoms with Gasteiger partial charge in [-0.25, -0.2) is 0 Å². The number of hydrogen-bond donors (Lipinski definition) is 2. The van der Waals surface area contributed by atoms with Crippen molar-refractivity contribution in [2.24, 2.45) is 0 Å². The summed E-state index contributed by atoms with van der Waals surface area (Å²) in [5, 5.41) is 5.70. The minimum Gasteiger partial charge on any atom is -0.490 e. The predicted molar refractivity (Wildman–Crippen MR) is 118 cm³/mol. The lowest BCUT2D eigenvalue weighted by Crippen LogP contribution is -2.45. The molecule has 1 saturated carbocycles. The first kappa shape index (κ1) is 20.7. The molecule has 2 amide bonds. The second-order valence-electron chi connectivity index (χ2n) is 7.73. The van der Waals surface area contributed by atoms with Crippen LogP contribution < -0.4 is 15.4 Å². The number of hydrogen-bond acceptors (Lipinski definition) is 4. The number of anilines is 1. The molecular formula is C25H26N2O4. The smallest absolute Gasteiger partial charge is 0.287 e. The van der Waals surface area contributed by atoms with Crippen LogP contribution in [0, 0.1) is 0 Å². The molecule has 6 nitrogen and oxygen atoms in total. The van der Waals surface area contributed by atoms with Gasteiger partial charge < -0.3 is 19.8 Å². The summed E-state index contributed by atoms with van der Waals surface area (Å²) in [5.41, 5.74) is 1.58. The Hall–Kier alpha value is -3.54. The lowest BCUT2D eigenvalue weighted by molar-refractivity contribution is -0.118. The van der Waals surface area contributed by atoms with Gasteiger partial charge in [0.2, 0.25) is 5.91 Å². The summed E-state index contributed by atoms with van der Waals surface area (Å²) in [6.45, 7) is 0. The summed E-state index contributed by atoms with van der Waals surface area (Å²) in [5.74, 6) is 0.169. The average molecular weight is 418 g/mol. The van der Waals surface area contributed by atoms with Gasteiger partial charge in [0.05, 0.1) is 12.4 Å². The second-order valence-corrected chi connectivity index (χ2v) is 7.73. The van der Waals surface area contributed by atoms with Crippen LogP contribution in [0.25, 0.3) is 0 Å². The first-order valence-corrected chi connectivity index (χ1v) is 10.6. The van der Waals surface area contributed by atoms with Gasteiger partial charge in [-0.1, -0.05) is 36.4 Å². The monoisotopic (exact) mass is 418 g/mol. The van der Waals surface area contributed by atoms with Crippen LogP contribution in [0.2, 0.25) is 0 Å². The predicted octanol–water partition coefficient (Wildman–Crippen LogP) is 4.58. The van der Waals surface area contributed by atoms with Crippen molar-refractivity contribution in [2.75, 3.05) is 5.32 Å². The zero-order valence-electron chi connectivity index (χ0n) is 17.3. The van der Waals surface area contributed by atoms with E-state index in [1.165, 1.54) is 19.1 Å². The zero-order chi connectivity index (χ0) is 21.5. The van der Waals surface area contributed by atoms with Crippen LogP contribution in [0.3, 0.4) is 0 Å². The van der Waals surface area contributed by atoms with Gasteiger partial charge in [0.1, 0.15) is 11.8 Å². The molecule has 4 rings (SSSR count). The molecule has 0 aliphatic heterocycles. The van der Waals surface area contributed by atoms with Gasteiger partial charge in [0.15, 0.2) is 5.76 Å². The average Bonchev–Trinajstić information content (AvgIpc) is 3.49. The van der Waals surface area contributed by atoms with E-state index in [0.29, 0.717) is 12.1 Å². The molecule has 1 atom stereocenters. The quantitative estimate of drug-likeness (QED) is 0.561. The molecule has 1 aromatic heterocycles. The van der Waals surface area contributed by atoms with E-state index in [1.54, 1.807) is 12.1 Å². The third kappa shape index (κ3) is 5.75. The van der Waals surface area contributed by atoms with Crippen molar-refractivity contribution in [3.63, 3.8) is 0 Å². The number of amides is 2. The van der Waals surface area contributed by atoms with E-state index in [2.05, 4.69) is 10.6 Å². The molecular weight excluding hydrogens is 392 g/mol. The van der Waals surface area contributed by atoms with Gasteiger partial charge in [-0.3, -0.25) is 9.59 Å². The first-order chi connectivity index (χ1) is 15.2. The number of nitrogens with one attached hydrogen (secondary N) is 2. The van der Waals surface area contributed by atoms with Gasteiger partial charge in [-0.15, -0.1) is 0 Å². The number of rotatable bonds is 8. The Balaban J connectivity index is 1.46. The summed E-state index contributed by atoms with van der Waals surface area (Å²) >= 11 is 0. The Bertz CT molecular complexity index is 995. The molecule has 0 saturated heterocycles. The van der Waals surface area contributed by atoms with Crippen LogP contribution >= 0.6 is 0 Å². The first-order valence-electron chi connectivity index (χ1n) is 10.6. The highest BCUT2D eigenvalue weighted by atomic mass is 16.5. The van der Waals surface area contributed by atoms with Gasteiger partial charge in [-0.2, -0.15) is 0 Å². The van der Waals surface area contributed by atoms with E-state index >= 15 is 0 Å². The molecule has 0 bridgehead atoms. The van der Waals surface area contributed by atoms with Crippen LogP contribution in [0.4, 0.5) is 5.69 Å². The normalized spacial score (nSPS) is 14.7. The third-order valence-electron chi connectivity index (χ3n) is 5.36. The van der Waals surface area contributed by atoms with Crippen LogP contribution in [-0.4, -0.2) is 24.0 Å². The molecule has 0 radical (unpaired) electrons. The molecule has 6 heteroatoms. The molecule has 1 unspecified atom stereocenters. The molecule has 2 N–H and O–H groups in total. The Morgan fingerprint density at radius 3 is 2.55 bits per heavy atom. The van der Waals surface area contributed by atoms with E-state index < -0.39 is 11.9 Å². The Morgan fingerprint density at radius 1 is 1.00 bits per heavy atom. The van der Waals surface area contributed by atoms with Crippen molar-refractivity contribution in [2.45, 2.75) is 44.2 Å². The summed E-state index contributed by atoms with van der Waals surface area (Å²) in [4.78, 5) is 25.6. The molecule has 1 heterocycles. The summed E-state index contributed by atoms with van der Waals surface area (Å²) in [6.07, 6.45) is 6.54. The Kier molecular flexibility index (Phi) is 6.67. The van der Waals surface area contributed by atoms with Crippen molar-refractivity contribution in [3.05, 3.63) is 84.3 Å². The van der Waals surface area contributed by atoms with E-state index in [4.69, 9.17) is 9.15 Å². The fourth-order valence-electron chi connectivity index (χ4n) is 3.77. The lowest BCUT2D eigenvalue weighted by atomic mass is 10.0. The molecule has 1 aliphatic rings. The Labute approximate surface area is 181 Å². The fraction of sp³-hybridized carbons (Fsp3) is 0.280. The summed E-state index contributed by atoms with van der Waals surface area (Å²) in [7, 11) is 0. The molecule has 31 heavy (non-hydrogen) atoms. The molecule has 2 aromatic carbocycles. The van der Waals surface area contributed by atoms with Crippen molar-refractivity contribution in [1.82, 2.24) is 5.32 Å². The van der Waals surface area contributed by atoms with Crippen LogP contribution in [-0.2, 0) is 11.2 Å². The SMILES string of the molecule is O=C(NC(Cc1ccccc1)C(=O)Nc1cccc(OC2CCCC2)c1)c1ccco1. The van der Waals surface area contributed by atoms with E-state index in [1.807, 2.05) is 54.6 Å². The van der Waals surface area contributed by atoms with Gasteiger partial charge in [-0.05, 0) is 55.5 Å². The standard InChI is InChI=1S/C25H26N2O4/c28-24(26-19-10-6-13-21(17-19)31-20-11-4-5-12-20)22(16-18-8-2-1-3-9-18)27-25(29)23-14-7-15-30-23/h1-3,6-10,13-15,17,20,22H,4-5,11-12,16H2,(H,26,28)(H,27,29). The number of ether oxygens (including phenoxy) is 1. The second kappa shape index (κ2) is 9.98. The molecule has 1 aliphatic carbocycles. The maximum absolute atomic E-state index is 13.1. The highest BCUT2D eigenvalue weighted by molar-refractivity contribution is 6.00.